The van der Waals surface area contributed by atoms with E-state index in [4.69, 9.17) is 11.1 Å². The molecule has 28 heavy (non-hydrogen) atoms. The van der Waals surface area contributed by atoms with Gasteiger partial charge in [-0.25, -0.2) is 9.13 Å². The summed E-state index contributed by atoms with van der Waals surface area (Å²) in [5.41, 5.74) is 18.3. The van der Waals surface area contributed by atoms with Crippen molar-refractivity contribution < 1.29 is 9.13 Å². The van der Waals surface area contributed by atoms with E-state index < -0.39 is 0 Å². The van der Waals surface area contributed by atoms with E-state index in [-0.39, 0.29) is 0 Å². The molecule has 2 heterocycles. The summed E-state index contributed by atoms with van der Waals surface area (Å²) in [6.45, 7) is 1.92. The van der Waals surface area contributed by atoms with Crippen molar-refractivity contribution in [3.8, 4) is 0 Å². The first-order valence-electron chi connectivity index (χ1n) is 9.90. The summed E-state index contributed by atoms with van der Waals surface area (Å²) in [4.78, 5) is 5.64. The molecule has 0 aromatic carbocycles. The molecule has 8 nitrogen and oxygen atoms in total. The summed E-state index contributed by atoms with van der Waals surface area (Å²) in [5.74, 6) is 0. The molecule has 0 fully saturated rings. The lowest BCUT2D eigenvalue weighted by molar-refractivity contribution is -0.697. The van der Waals surface area contributed by atoms with Crippen LogP contribution in [0.15, 0.2) is 59.3 Å². The Kier molecular flexibility index (Phi) is 9.96. The molecule has 0 radical (unpaired) electrons. The van der Waals surface area contributed by atoms with Gasteiger partial charge in [-0.05, 0) is 36.0 Å². The fourth-order valence-corrected chi connectivity index (χ4v) is 3.17. The fraction of sp³-hybridized carbons (Fsp3) is 0.500. The van der Waals surface area contributed by atoms with E-state index in [0.29, 0.717) is 11.4 Å². The molecule has 0 amide bonds. The monoisotopic (exact) mass is 380 g/mol. The van der Waals surface area contributed by atoms with Gasteiger partial charge in [-0.15, -0.1) is 0 Å². The van der Waals surface area contributed by atoms with Crippen LogP contribution in [-0.2, 0) is 13.1 Å². The molecule has 0 spiro atoms. The van der Waals surface area contributed by atoms with E-state index in [2.05, 4.69) is 29.2 Å². The lowest BCUT2D eigenvalue weighted by Gasteiger charge is -2.02. The molecule has 2 aromatic heterocycles. The van der Waals surface area contributed by atoms with Gasteiger partial charge in [0.25, 0.3) is 0 Å². The molecule has 2 rings (SSSR count). The third kappa shape index (κ3) is 8.54. The highest BCUT2D eigenvalue weighted by atomic mass is 15.1. The van der Waals surface area contributed by atoms with E-state index in [0.717, 1.165) is 25.9 Å². The van der Waals surface area contributed by atoms with E-state index in [1.54, 1.807) is 0 Å². The van der Waals surface area contributed by atoms with Crippen LogP contribution in [0.3, 0.4) is 0 Å². The zero-order valence-electron chi connectivity index (χ0n) is 16.3. The van der Waals surface area contributed by atoms with Crippen LogP contribution in [-0.4, -0.2) is 0 Å². The highest BCUT2D eigenvalue weighted by Gasteiger charge is 2.03. The summed E-state index contributed by atoms with van der Waals surface area (Å²) in [5, 5.41) is 7.26. The molecule has 0 unspecified atom stereocenters. The first-order chi connectivity index (χ1) is 13.8. The van der Waals surface area contributed by atoms with Crippen molar-refractivity contribution in [2.45, 2.75) is 64.5 Å². The number of aromatic nitrogens is 2. The maximum atomic E-state index is 8.48. The second-order valence-corrected chi connectivity index (χ2v) is 6.81. The van der Waals surface area contributed by atoms with Crippen molar-refractivity contribution in [1.29, 1.82) is 0 Å². The minimum absolute atomic E-state index is 0.660. The minimum Gasteiger partial charge on any atom is -0.205 e. The predicted octanol–water partition coefficient (Wildman–Crippen LogP) is 5.97. The zero-order valence-corrected chi connectivity index (χ0v) is 16.3. The van der Waals surface area contributed by atoms with Gasteiger partial charge in [-0.2, -0.15) is 0 Å². The van der Waals surface area contributed by atoms with Crippen molar-refractivity contribution in [3.05, 3.63) is 69.9 Å². The zero-order chi connectivity index (χ0) is 19.9. The van der Waals surface area contributed by atoms with Crippen LogP contribution in [0.1, 0.15) is 51.4 Å². The van der Waals surface area contributed by atoms with Crippen LogP contribution in [0.25, 0.3) is 20.9 Å². The Morgan fingerprint density at radius 3 is 1.43 bits per heavy atom. The molecule has 0 saturated carbocycles. The highest BCUT2D eigenvalue weighted by molar-refractivity contribution is 5.30. The summed E-state index contributed by atoms with van der Waals surface area (Å²) in [6, 6.07) is 7.45. The van der Waals surface area contributed by atoms with Crippen molar-refractivity contribution in [2.75, 3.05) is 0 Å². The van der Waals surface area contributed by atoms with Gasteiger partial charge in [0.1, 0.15) is 24.5 Å². The molecule has 0 bridgehead atoms. The Labute approximate surface area is 165 Å². The molecular formula is C20H28N8+2. The topological polar surface area (TPSA) is 105 Å². The second-order valence-electron chi connectivity index (χ2n) is 6.81. The fourth-order valence-electron chi connectivity index (χ4n) is 3.17. The van der Waals surface area contributed by atoms with Crippen LogP contribution in [0.4, 0.5) is 11.4 Å². The summed E-state index contributed by atoms with van der Waals surface area (Å²) < 4.78 is 4.16. The smallest absolute Gasteiger partial charge is 0.178 e. The Hall–Kier alpha value is -3.08. The minimum atomic E-state index is 0.660. The largest absolute Gasteiger partial charge is 0.205 e. The molecule has 146 valence electrons. The quantitative estimate of drug-likeness (QED) is 0.134. The average molecular weight is 380 g/mol. The van der Waals surface area contributed by atoms with Gasteiger partial charge in [0, 0.05) is 34.8 Å². The number of hydrogen-bond donors (Lipinski definition) is 0. The summed E-state index contributed by atoms with van der Waals surface area (Å²) in [6.07, 6.45) is 17.6. The maximum Gasteiger partial charge on any atom is 0.178 e. The Morgan fingerprint density at radius 1 is 0.643 bits per heavy atom. The van der Waals surface area contributed by atoms with Gasteiger partial charge in [0.05, 0.1) is 0 Å². The predicted molar refractivity (Wildman–Crippen MR) is 108 cm³/mol. The van der Waals surface area contributed by atoms with Gasteiger partial charge in [-0.3, -0.25) is 0 Å². The first kappa shape index (κ1) is 21.2. The van der Waals surface area contributed by atoms with Crippen LogP contribution in [0.2, 0.25) is 0 Å². The molecule has 8 heteroatoms. The van der Waals surface area contributed by atoms with E-state index >= 15 is 0 Å². The number of unbranched alkanes of at least 4 members (excludes halogenated alkanes) is 7. The highest BCUT2D eigenvalue weighted by Crippen LogP contribution is 2.10. The molecular weight excluding hydrogens is 352 g/mol. The van der Waals surface area contributed by atoms with Crippen LogP contribution < -0.4 is 9.13 Å². The first-order valence-corrected chi connectivity index (χ1v) is 9.90. The lowest BCUT2D eigenvalue weighted by Crippen LogP contribution is -2.32. The molecule has 0 atom stereocenters. The van der Waals surface area contributed by atoms with Gasteiger partial charge in [0.15, 0.2) is 24.8 Å². The van der Waals surface area contributed by atoms with Gasteiger partial charge in [-0.1, -0.05) is 35.9 Å². The Morgan fingerprint density at radius 2 is 1.04 bits per heavy atom. The third-order valence-electron chi connectivity index (χ3n) is 4.59. The molecule has 0 N–H and O–H groups in total. The summed E-state index contributed by atoms with van der Waals surface area (Å²) >= 11 is 0. The number of nitrogens with zero attached hydrogens (tertiary/aromatic N) is 8. The van der Waals surface area contributed by atoms with Crippen LogP contribution >= 0.6 is 0 Å². The van der Waals surface area contributed by atoms with E-state index in [1.165, 1.54) is 38.5 Å². The number of hydrogen-bond acceptors (Lipinski definition) is 2. The van der Waals surface area contributed by atoms with E-state index in [1.807, 2.05) is 49.1 Å². The third-order valence-corrected chi connectivity index (χ3v) is 4.59. The molecule has 0 aliphatic heterocycles. The number of rotatable bonds is 13. The van der Waals surface area contributed by atoms with Crippen molar-refractivity contribution in [1.82, 2.24) is 0 Å². The molecule has 0 saturated heterocycles. The molecule has 2 aromatic rings. The van der Waals surface area contributed by atoms with Gasteiger partial charge >= 0.3 is 0 Å². The number of azide groups is 2. The lowest BCUT2D eigenvalue weighted by atomic mass is 10.1. The maximum absolute atomic E-state index is 8.48. The normalized spacial score (nSPS) is 10.1. The van der Waals surface area contributed by atoms with Gasteiger partial charge in [0.2, 0.25) is 0 Å². The van der Waals surface area contributed by atoms with Crippen molar-refractivity contribution in [3.63, 3.8) is 0 Å². The van der Waals surface area contributed by atoms with E-state index in [9.17, 15) is 0 Å². The molecule has 0 aliphatic carbocycles. The number of pyridine rings is 2. The SMILES string of the molecule is [N-]=[N+]=Nc1ccc[n+](CCCCCCCCCC[n+]2cccc(N=[N+]=[N-])c2)c1. The average Bonchev–Trinajstić information content (AvgIpc) is 2.70. The van der Waals surface area contributed by atoms with Crippen molar-refractivity contribution >= 4 is 11.4 Å². The van der Waals surface area contributed by atoms with Crippen LogP contribution in [0, 0.1) is 0 Å². The summed E-state index contributed by atoms with van der Waals surface area (Å²) in [7, 11) is 0. The van der Waals surface area contributed by atoms with Crippen LogP contribution in [0.5, 0.6) is 0 Å². The molecule has 0 aliphatic rings. The van der Waals surface area contributed by atoms with Gasteiger partial charge < -0.3 is 0 Å². The van der Waals surface area contributed by atoms with Crippen molar-refractivity contribution in [2.24, 2.45) is 10.2 Å². The second kappa shape index (κ2) is 13.1. The Balaban J connectivity index is 1.49. The Bertz CT molecular complexity index is 753. The number of aryl methyl sites for hydroxylation is 2. The standard InChI is InChI=1S/C20H28N8/c21-25-23-19-11-9-15-27(17-19)13-7-5-3-1-2-4-6-8-14-28-16-10-12-20(18-28)24-26-22/h9-12,15-18H,1-8,13-14H2/q+2.